The van der Waals surface area contributed by atoms with Crippen LogP contribution in [0, 0.1) is 0 Å². The first-order valence-corrected chi connectivity index (χ1v) is 9.77. The minimum absolute atomic E-state index is 0.382. The third kappa shape index (κ3) is 3.10. The first-order chi connectivity index (χ1) is 14.2. The molecule has 0 fully saturated rings. The number of aromatic nitrogens is 4. The minimum Gasteiger partial charge on any atom is -0.322 e. The second kappa shape index (κ2) is 7.02. The van der Waals surface area contributed by atoms with Crippen LogP contribution in [0.5, 0.6) is 0 Å². The average molecular weight is 379 g/mol. The van der Waals surface area contributed by atoms with Crippen molar-refractivity contribution in [3.63, 3.8) is 0 Å². The molecule has 5 rings (SSSR count). The molecule has 3 aromatic carbocycles. The molecule has 5 aromatic rings. The summed E-state index contributed by atoms with van der Waals surface area (Å²) in [5, 5.41) is 12.9. The summed E-state index contributed by atoms with van der Waals surface area (Å²) in [6.07, 6.45) is 0. The molecule has 0 saturated carbocycles. The van der Waals surface area contributed by atoms with Gasteiger partial charge in [-0.1, -0.05) is 62.4 Å². The van der Waals surface area contributed by atoms with Crippen molar-refractivity contribution in [2.45, 2.75) is 19.8 Å². The van der Waals surface area contributed by atoms with Gasteiger partial charge >= 0.3 is 0 Å². The van der Waals surface area contributed by atoms with E-state index < -0.39 is 0 Å². The van der Waals surface area contributed by atoms with Crippen LogP contribution in [0.15, 0.2) is 72.8 Å². The van der Waals surface area contributed by atoms with E-state index >= 15 is 0 Å². The van der Waals surface area contributed by atoms with Crippen molar-refractivity contribution < 1.29 is 0 Å². The highest BCUT2D eigenvalue weighted by Gasteiger charge is 2.15. The maximum atomic E-state index is 4.92. The van der Waals surface area contributed by atoms with Gasteiger partial charge in [0, 0.05) is 16.3 Å². The summed E-state index contributed by atoms with van der Waals surface area (Å²) in [6.45, 7) is 4.38. The summed E-state index contributed by atoms with van der Waals surface area (Å²) in [5.41, 5.74) is 4.18. The van der Waals surface area contributed by atoms with Crippen molar-refractivity contribution in [1.82, 2.24) is 20.2 Å². The quantitative estimate of drug-likeness (QED) is 0.399. The van der Waals surface area contributed by atoms with Crippen LogP contribution in [0.3, 0.4) is 0 Å². The van der Waals surface area contributed by atoms with Gasteiger partial charge in [-0.2, -0.15) is 5.10 Å². The van der Waals surface area contributed by atoms with Crippen molar-refractivity contribution in [2.24, 2.45) is 0 Å². The number of anilines is 2. The zero-order chi connectivity index (χ0) is 19.8. The summed E-state index contributed by atoms with van der Waals surface area (Å²) < 4.78 is 0. The SMILES string of the molecule is CC(C)c1ccccc1-c1nc(Nc2n[nH]c3ccccc23)c2ccccc2n1. The topological polar surface area (TPSA) is 66.5 Å². The summed E-state index contributed by atoms with van der Waals surface area (Å²) in [7, 11) is 0. The molecule has 0 unspecified atom stereocenters. The number of nitrogens with zero attached hydrogens (tertiary/aromatic N) is 3. The number of aromatic amines is 1. The monoisotopic (exact) mass is 379 g/mol. The Balaban J connectivity index is 1.69. The Labute approximate surface area is 168 Å². The number of nitrogens with one attached hydrogen (secondary N) is 2. The van der Waals surface area contributed by atoms with E-state index in [1.165, 1.54) is 5.56 Å². The number of rotatable bonds is 4. The van der Waals surface area contributed by atoms with Gasteiger partial charge in [-0.3, -0.25) is 5.10 Å². The molecule has 2 heterocycles. The number of H-pyrrole nitrogens is 1. The molecule has 0 spiro atoms. The lowest BCUT2D eigenvalue weighted by Gasteiger charge is -2.14. The molecule has 0 atom stereocenters. The first-order valence-electron chi connectivity index (χ1n) is 9.77. The predicted molar refractivity (Wildman–Crippen MR) is 118 cm³/mol. The molecule has 0 amide bonds. The molecule has 0 bridgehead atoms. The molecular weight excluding hydrogens is 358 g/mol. The van der Waals surface area contributed by atoms with E-state index in [1.807, 2.05) is 54.6 Å². The Morgan fingerprint density at radius 1 is 0.759 bits per heavy atom. The van der Waals surface area contributed by atoms with E-state index in [1.54, 1.807) is 0 Å². The summed E-state index contributed by atoms with van der Waals surface area (Å²) in [6, 6.07) is 24.4. The smallest absolute Gasteiger partial charge is 0.162 e. The number of para-hydroxylation sites is 2. The van der Waals surface area contributed by atoms with Crippen LogP contribution in [-0.4, -0.2) is 20.2 Å². The molecule has 5 nitrogen and oxygen atoms in total. The highest BCUT2D eigenvalue weighted by atomic mass is 15.2. The highest BCUT2D eigenvalue weighted by molar-refractivity contribution is 5.96. The van der Waals surface area contributed by atoms with E-state index in [4.69, 9.17) is 9.97 Å². The van der Waals surface area contributed by atoms with Gasteiger partial charge in [0.25, 0.3) is 0 Å². The van der Waals surface area contributed by atoms with Crippen LogP contribution in [0.2, 0.25) is 0 Å². The van der Waals surface area contributed by atoms with E-state index in [2.05, 4.69) is 47.6 Å². The van der Waals surface area contributed by atoms with Gasteiger partial charge in [0.2, 0.25) is 0 Å². The Kier molecular flexibility index (Phi) is 4.21. The predicted octanol–water partition coefficient (Wildman–Crippen LogP) is 6.04. The lowest BCUT2D eigenvalue weighted by molar-refractivity contribution is 0.867. The van der Waals surface area contributed by atoms with Gasteiger partial charge in [0.15, 0.2) is 11.6 Å². The van der Waals surface area contributed by atoms with Gasteiger partial charge in [-0.25, -0.2) is 9.97 Å². The number of fused-ring (bicyclic) bond motifs is 2. The van der Waals surface area contributed by atoms with Crippen LogP contribution in [0.4, 0.5) is 11.6 Å². The Hall–Kier alpha value is -3.73. The molecule has 0 aliphatic carbocycles. The lowest BCUT2D eigenvalue weighted by atomic mass is 9.97. The van der Waals surface area contributed by atoms with Gasteiger partial charge in [-0.05, 0) is 35.7 Å². The fourth-order valence-corrected chi connectivity index (χ4v) is 3.67. The maximum Gasteiger partial charge on any atom is 0.162 e. The van der Waals surface area contributed by atoms with Gasteiger partial charge in [-0.15, -0.1) is 0 Å². The van der Waals surface area contributed by atoms with Crippen molar-refractivity contribution in [1.29, 1.82) is 0 Å². The Morgan fingerprint density at radius 2 is 1.48 bits per heavy atom. The van der Waals surface area contributed by atoms with Crippen molar-refractivity contribution in [2.75, 3.05) is 5.32 Å². The fourth-order valence-electron chi connectivity index (χ4n) is 3.67. The Bertz CT molecular complexity index is 1320. The van der Waals surface area contributed by atoms with E-state index in [0.29, 0.717) is 5.92 Å². The second-order valence-electron chi connectivity index (χ2n) is 7.40. The molecular formula is C24H21N5. The first kappa shape index (κ1) is 17.4. The van der Waals surface area contributed by atoms with E-state index in [9.17, 15) is 0 Å². The van der Waals surface area contributed by atoms with Crippen molar-refractivity contribution in [3.05, 3.63) is 78.4 Å². The highest BCUT2D eigenvalue weighted by Crippen LogP contribution is 2.32. The van der Waals surface area contributed by atoms with E-state index in [0.717, 1.165) is 44.8 Å². The largest absolute Gasteiger partial charge is 0.322 e. The summed E-state index contributed by atoms with van der Waals surface area (Å²) in [4.78, 5) is 9.78. The van der Waals surface area contributed by atoms with Crippen LogP contribution in [-0.2, 0) is 0 Å². The van der Waals surface area contributed by atoms with Crippen LogP contribution in [0.25, 0.3) is 33.2 Å². The number of hydrogen-bond donors (Lipinski definition) is 2. The molecule has 0 radical (unpaired) electrons. The Morgan fingerprint density at radius 3 is 2.34 bits per heavy atom. The molecule has 0 aliphatic rings. The number of benzene rings is 3. The van der Waals surface area contributed by atoms with Crippen LogP contribution in [0.1, 0.15) is 25.3 Å². The zero-order valence-corrected chi connectivity index (χ0v) is 16.3. The standard InChI is InChI=1S/C24H21N5/c1-15(2)16-9-3-4-10-17(16)22-25-20-13-7-5-11-18(20)23(26-22)27-24-19-12-6-8-14-21(19)28-29-24/h3-15H,1-2H3,(H2,25,26,27,28,29). The van der Waals surface area contributed by atoms with E-state index in [-0.39, 0.29) is 0 Å². The van der Waals surface area contributed by atoms with Crippen molar-refractivity contribution in [3.8, 4) is 11.4 Å². The van der Waals surface area contributed by atoms with Crippen molar-refractivity contribution >= 4 is 33.4 Å². The molecule has 5 heteroatoms. The third-order valence-corrected chi connectivity index (χ3v) is 5.13. The molecule has 29 heavy (non-hydrogen) atoms. The van der Waals surface area contributed by atoms with Gasteiger partial charge < -0.3 is 5.32 Å². The lowest BCUT2D eigenvalue weighted by Crippen LogP contribution is -2.02. The minimum atomic E-state index is 0.382. The molecule has 0 saturated heterocycles. The average Bonchev–Trinajstić information content (AvgIpc) is 3.16. The molecule has 142 valence electrons. The maximum absolute atomic E-state index is 4.92. The van der Waals surface area contributed by atoms with Crippen LogP contribution >= 0.6 is 0 Å². The normalized spacial score (nSPS) is 11.4. The second-order valence-corrected chi connectivity index (χ2v) is 7.40. The number of hydrogen-bond acceptors (Lipinski definition) is 4. The van der Waals surface area contributed by atoms with Crippen LogP contribution < -0.4 is 5.32 Å². The van der Waals surface area contributed by atoms with Gasteiger partial charge in [0.05, 0.1) is 11.0 Å². The fraction of sp³-hybridized carbons (Fsp3) is 0.125. The van der Waals surface area contributed by atoms with Gasteiger partial charge in [0.1, 0.15) is 5.82 Å². The molecule has 2 N–H and O–H groups in total. The zero-order valence-electron chi connectivity index (χ0n) is 16.3. The molecule has 0 aliphatic heterocycles. The summed E-state index contributed by atoms with van der Waals surface area (Å²) >= 11 is 0. The third-order valence-electron chi connectivity index (χ3n) is 5.13. The molecule has 2 aromatic heterocycles. The summed E-state index contributed by atoms with van der Waals surface area (Å²) in [5.74, 6) is 2.61.